The summed E-state index contributed by atoms with van der Waals surface area (Å²) < 4.78 is 64.1. The van der Waals surface area contributed by atoms with Gasteiger partial charge in [0.05, 0.1) is 4.90 Å². The van der Waals surface area contributed by atoms with Gasteiger partial charge in [0.15, 0.2) is 0 Å². The number of azide groups is 1. The Balaban J connectivity index is 1.36. The molecule has 262 valence electrons. The minimum atomic E-state index is -3.91. The summed E-state index contributed by atoms with van der Waals surface area (Å²) in [6.45, 7) is 1.70. The molecule has 1 aliphatic carbocycles. The molecule has 2 aliphatic rings. The molecule has 3 atom stereocenters. The van der Waals surface area contributed by atoms with Crippen LogP contribution in [-0.4, -0.2) is 64.4 Å². The van der Waals surface area contributed by atoms with E-state index in [9.17, 15) is 28.2 Å². The molecule has 1 saturated carbocycles. The van der Waals surface area contributed by atoms with Gasteiger partial charge in [-0.2, -0.15) is 0 Å². The Morgan fingerprint density at radius 3 is 2.41 bits per heavy atom. The number of benzene rings is 3. The maximum atomic E-state index is 15.5. The Morgan fingerprint density at radius 1 is 1.04 bits per heavy atom. The van der Waals surface area contributed by atoms with Gasteiger partial charge in [0.2, 0.25) is 15.9 Å². The second-order valence-corrected chi connectivity index (χ2v) is 14.6. The highest BCUT2D eigenvalue weighted by molar-refractivity contribution is 7.89. The van der Waals surface area contributed by atoms with Crippen molar-refractivity contribution in [2.24, 2.45) is 16.4 Å². The highest BCUT2D eigenvalue weighted by Crippen LogP contribution is 2.44. The van der Waals surface area contributed by atoms with Crippen LogP contribution in [0.4, 0.5) is 14.5 Å². The predicted molar refractivity (Wildman–Crippen MR) is 181 cm³/mol. The quantitative estimate of drug-likeness (QED) is 0.0835. The summed E-state index contributed by atoms with van der Waals surface area (Å²) in [6.07, 6.45) is 3.20. The van der Waals surface area contributed by atoms with Gasteiger partial charge in [-0.3, -0.25) is 4.79 Å². The number of hydrogen-bond acceptors (Lipinski definition) is 7. The van der Waals surface area contributed by atoms with Crippen LogP contribution in [0.25, 0.3) is 10.4 Å². The number of rotatable bonds is 17. The number of anilines is 1. The number of sulfonamides is 1. The summed E-state index contributed by atoms with van der Waals surface area (Å²) in [7, 11) is -3.91. The molecule has 3 aromatic carbocycles. The van der Waals surface area contributed by atoms with E-state index < -0.39 is 45.6 Å². The number of carbonyl (C=O) groups is 1. The van der Waals surface area contributed by atoms with Gasteiger partial charge in [-0.15, -0.1) is 0 Å². The zero-order valence-electron chi connectivity index (χ0n) is 27.1. The topological polar surface area (TPSA) is 166 Å². The SMILES string of the molecule is [N-]=[N+]=N[C@H](C(=O)Nc1cccc(F)c1CC[C@@H](CNCC1(CO)CC1)NS(=O)(=O)c1ccccc1)[C@@H](c1ccc(F)cc1)C1CCOCC1. The molecule has 1 amide bonds. The van der Waals surface area contributed by atoms with Crippen LogP contribution < -0.4 is 15.4 Å². The number of carbonyl (C=O) groups excluding carboxylic acids is 1. The molecule has 2 fully saturated rings. The standard InChI is InChI=1S/C35H42F2N6O5S/c36-26-11-9-24(10-12-26)32(25-15-19-48-20-16-25)33(41-43-38)34(45)40-31-8-4-7-30(37)29(31)14-13-27(21-39-22-35(23-44)17-18-35)42-49(46,47)28-5-2-1-3-6-28/h1-12,25,27,32-33,39,42,44H,13-23H2,(H,40,45)/t27-,32-,33-/m0/s1. The molecule has 1 saturated heterocycles. The van der Waals surface area contributed by atoms with Crippen LogP contribution in [0.1, 0.15) is 49.1 Å². The summed E-state index contributed by atoms with van der Waals surface area (Å²) in [4.78, 5) is 17.0. The van der Waals surface area contributed by atoms with Crippen molar-refractivity contribution < 1.29 is 31.8 Å². The van der Waals surface area contributed by atoms with Gasteiger partial charge in [0.25, 0.3) is 0 Å². The van der Waals surface area contributed by atoms with E-state index in [0.29, 0.717) is 38.2 Å². The van der Waals surface area contributed by atoms with E-state index in [1.165, 1.54) is 36.4 Å². The van der Waals surface area contributed by atoms with Crippen LogP contribution in [0.15, 0.2) is 82.8 Å². The van der Waals surface area contributed by atoms with E-state index in [4.69, 9.17) is 4.74 Å². The molecule has 0 aromatic heterocycles. The summed E-state index contributed by atoms with van der Waals surface area (Å²) in [5.74, 6) is -2.36. The fourth-order valence-electron chi connectivity index (χ4n) is 6.44. The molecule has 11 nitrogen and oxygen atoms in total. The van der Waals surface area contributed by atoms with Crippen LogP contribution in [0.5, 0.6) is 0 Å². The fraction of sp³-hybridized carbons (Fsp3) is 0.457. The summed E-state index contributed by atoms with van der Waals surface area (Å²) in [6, 6.07) is 16.1. The number of nitrogens with zero attached hydrogens (tertiary/aromatic N) is 3. The van der Waals surface area contributed by atoms with Crippen LogP contribution in [0, 0.1) is 23.0 Å². The smallest absolute Gasteiger partial charge is 0.240 e. The third-order valence-electron chi connectivity index (χ3n) is 9.49. The summed E-state index contributed by atoms with van der Waals surface area (Å²) in [5.41, 5.74) is 10.3. The zero-order valence-corrected chi connectivity index (χ0v) is 27.9. The van der Waals surface area contributed by atoms with Gasteiger partial charge in [0.1, 0.15) is 17.7 Å². The fourth-order valence-corrected chi connectivity index (χ4v) is 7.73. The second kappa shape index (κ2) is 16.7. The van der Waals surface area contributed by atoms with E-state index >= 15 is 4.39 Å². The van der Waals surface area contributed by atoms with E-state index in [1.54, 1.807) is 36.4 Å². The number of halogens is 2. The van der Waals surface area contributed by atoms with Crippen molar-refractivity contribution in [3.63, 3.8) is 0 Å². The molecule has 0 spiro atoms. The minimum absolute atomic E-state index is 0.0338. The van der Waals surface area contributed by atoms with Crippen molar-refractivity contribution in [2.45, 2.75) is 61.4 Å². The molecule has 14 heteroatoms. The van der Waals surface area contributed by atoms with Crippen molar-refractivity contribution in [2.75, 3.05) is 38.2 Å². The van der Waals surface area contributed by atoms with Crippen molar-refractivity contribution in [3.05, 3.63) is 106 Å². The lowest BCUT2D eigenvalue weighted by Gasteiger charge is -2.34. The van der Waals surface area contributed by atoms with Crippen LogP contribution >= 0.6 is 0 Å². The lowest BCUT2D eigenvalue weighted by molar-refractivity contribution is -0.118. The van der Waals surface area contributed by atoms with E-state index in [1.807, 2.05) is 0 Å². The highest BCUT2D eigenvalue weighted by atomic mass is 32.2. The highest BCUT2D eigenvalue weighted by Gasteiger charge is 2.41. The number of aliphatic hydroxyl groups excluding tert-OH is 1. The predicted octanol–water partition coefficient (Wildman–Crippen LogP) is 5.43. The van der Waals surface area contributed by atoms with Gasteiger partial charge in [-0.05, 0) is 91.9 Å². The first kappa shape index (κ1) is 36.4. The Labute approximate surface area is 285 Å². The molecule has 4 N–H and O–H groups in total. The van der Waals surface area contributed by atoms with Crippen molar-refractivity contribution in [3.8, 4) is 0 Å². The van der Waals surface area contributed by atoms with Crippen LogP contribution in [-0.2, 0) is 26.0 Å². The van der Waals surface area contributed by atoms with Crippen molar-refractivity contribution >= 4 is 21.6 Å². The molecule has 3 aromatic rings. The first-order valence-corrected chi connectivity index (χ1v) is 18.0. The summed E-state index contributed by atoms with van der Waals surface area (Å²) >= 11 is 0. The van der Waals surface area contributed by atoms with Gasteiger partial charge in [0, 0.05) is 66.4 Å². The van der Waals surface area contributed by atoms with Gasteiger partial charge in [-0.25, -0.2) is 21.9 Å². The maximum absolute atomic E-state index is 15.5. The molecule has 5 rings (SSSR count). The molecule has 0 unspecified atom stereocenters. The molecular weight excluding hydrogens is 654 g/mol. The Kier molecular flexibility index (Phi) is 12.4. The lowest BCUT2D eigenvalue weighted by atomic mass is 9.76. The van der Waals surface area contributed by atoms with Crippen molar-refractivity contribution in [1.82, 2.24) is 10.0 Å². The van der Waals surface area contributed by atoms with Crippen LogP contribution in [0.3, 0.4) is 0 Å². The van der Waals surface area contributed by atoms with Gasteiger partial charge in [-0.1, -0.05) is 41.5 Å². The van der Waals surface area contributed by atoms with E-state index in [2.05, 4.69) is 25.4 Å². The first-order chi connectivity index (χ1) is 23.6. The second-order valence-electron chi connectivity index (χ2n) is 12.9. The third kappa shape index (κ3) is 9.62. The first-order valence-electron chi connectivity index (χ1n) is 16.5. The largest absolute Gasteiger partial charge is 0.396 e. The molecule has 0 radical (unpaired) electrons. The summed E-state index contributed by atoms with van der Waals surface area (Å²) in [5, 5.41) is 19.7. The number of hydrogen-bond donors (Lipinski definition) is 4. The third-order valence-corrected chi connectivity index (χ3v) is 11.0. The normalized spacial score (nSPS) is 17.8. The molecular formula is C35H42F2N6O5S. The van der Waals surface area contributed by atoms with E-state index in [-0.39, 0.29) is 53.5 Å². The Hall–Kier alpha value is -3.91. The molecule has 49 heavy (non-hydrogen) atoms. The maximum Gasteiger partial charge on any atom is 0.240 e. The van der Waals surface area contributed by atoms with Crippen molar-refractivity contribution in [1.29, 1.82) is 0 Å². The number of amides is 1. The Morgan fingerprint density at radius 2 is 1.76 bits per heavy atom. The molecule has 1 heterocycles. The average molecular weight is 697 g/mol. The number of aliphatic hydroxyl groups is 1. The van der Waals surface area contributed by atoms with Gasteiger partial charge < -0.3 is 20.5 Å². The average Bonchev–Trinajstić information content (AvgIpc) is 3.89. The lowest BCUT2D eigenvalue weighted by Crippen LogP contribution is -2.44. The zero-order chi connectivity index (χ0) is 34.9. The number of ether oxygens (including phenoxy) is 1. The minimum Gasteiger partial charge on any atom is -0.396 e. The Bertz CT molecular complexity index is 1710. The van der Waals surface area contributed by atoms with E-state index in [0.717, 1.165) is 12.8 Å². The number of nitrogens with one attached hydrogen (secondary N) is 3. The van der Waals surface area contributed by atoms with Crippen LogP contribution in [0.2, 0.25) is 0 Å². The molecule has 0 bridgehead atoms. The van der Waals surface area contributed by atoms with Gasteiger partial charge >= 0.3 is 0 Å². The monoisotopic (exact) mass is 696 g/mol. The molecule has 1 aliphatic heterocycles.